The second-order valence-corrected chi connectivity index (χ2v) is 8.26. The standard InChI is InChI=1S/C21H24O2S/c1-15(22)20(14-19(23)16-8-6-5-7-9-16)24-18-12-10-17(11-13-18)21(2,3)4/h5-13,20H,14H2,1-4H3. The third-order valence-electron chi connectivity index (χ3n) is 3.92. The lowest BCUT2D eigenvalue weighted by Crippen LogP contribution is -2.18. The zero-order chi connectivity index (χ0) is 17.7. The molecular formula is C21H24O2S. The number of carbonyl (C=O) groups excluding carboxylic acids is 2. The SMILES string of the molecule is CC(=O)C(CC(=O)c1ccccc1)Sc1ccc(C(C)(C)C)cc1. The summed E-state index contributed by atoms with van der Waals surface area (Å²) in [5.74, 6) is 0.0405. The largest absolute Gasteiger partial charge is 0.299 e. The maximum Gasteiger partial charge on any atom is 0.164 e. The molecule has 0 bridgehead atoms. The van der Waals surface area contributed by atoms with Crippen molar-refractivity contribution in [1.82, 2.24) is 0 Å². The minimum atomic E-state index is -0.349. The summed E-state index contributed by atoms with van der Waals surface area (Å²) in [6.45, 7) is 8.07. The Morgan fingerprint density at radius 2 is 1.54 bits per heavy atom. The molecule has 0 amide bonds. The van der Waals surface area contributed by atoms with Crippen LogP contribution in [0.1, 0.15) is 50.0 Å². The summed E-state index contributed by atoms with van der Waals surface area (Å²) in [6, 6.07) is 17.4. The fourth-order valence-corrected chi connectivity index (χ4v) is 3.40. The summed E-state index contributed by atoms with van der Waals surface area (Å²) in [5.41, 5.74) is 2.02. The van der Waals surface area contributed by atoms with Gasteiger partial charge >= 0.3 is 0 Å². The van der Waals surface area contributed by atoms with Crippen molar-refractivity contribution in [3.05, 3.63) is 65.7 Å². The number of hydrogen-bond acceptors (Lipinski definition) is 3. The minimum Gasteiger partial charge on any atom is -0.299 e. The lowest BCUT2D eigenvalue weighted by molar-refractivity contribution is -0.116. The van der Waals surface area contributed by atoms with Gasteiger partial charge in [-0.15, -0.1) is 11.8 Å². The molecular weight excluding hydrogens is 316 g/mol. The van der Waals surface area contributed by atoms with Gasteiger partial charge in [0.25, 0.3) is 0 Å². The van der Waals surface area contributed by atoms with Gasteiger partial charge in [-0.1, -0.05) is 63.2 Å². The molecule has 0 aliphatic rings. The van der Waals surface area contributed by atoms with Crippen LogP contribution in [0.2, 0.25) is 0 Å². The number of hydrogen-bond donors (Lipinski definition) is 0. The van der Waals surface area contributed by atoms with Crippen LogP contribution < -0.4 is 0 Å². The summed E-state index contributed by atoms with van der Waals surface area (Å²) in [5, 5.41) is -0.349. The highest BCUT2D eigenvalue weighted by atomic mass is 32.2. The average Bonchev–Trinajstić information content (AvgIpc) is 2.54. The number of rotatable bonds is 6. The van der Waals surface area contributed by atoms with E-state index in [1.54, 1.807) is 19.1 Å². The molecule has 0 spiro atoms. The minimum absolute atomic E-state index is 0.00890. The molecule has 2 aromatic carbocycles. The van der Waals surface area contributed by atoms with Crippen LogP contribution >= 0.6 is 11.8 Å². The van der Waals surface area contributed by atoms with Crippen LogP contribution in [0, 0.1) is 0 Å². The Kier molecular flexibility index (Phi) is 6.00. The van der Waals surface area contributed by atoms with Crippen LogP contribution in [0.25, 0.3) is 0 Å². The lowest BCUT2D eigenvalue weighted by Gasteiger charge is -2.19. The maximum absolute atomic E-state index is 12.4. The predicted octanol–water partition coefficient (Wildman–Crippen LogP) is 5.31. The number of Topliss-reactive ketones (excluding diaryl/α,β-unsaturated/α-hetero) is 2. The molecule has 1 unspecified atom stereocenters. The summed E-state index contributed by atoms with van der Waals surface area (Å²) in [4.78, 5) is 25.4. The van der Waals surface area contributed by atoms with Crippen LogP contribution in [0.15, 0.2) is 59.5 Å². The molecule has 0 saturated carbocycles. The molecule has 0 N–H and O–H groups in total. The van der Waals surface area contributed by atoms with Gasteiger partial charge in [0, 0.05) is 16.9 Å². The first-order valence-electron chi connectivity index (χ1n) is 8.13. The van der Waals surface area contributed by atoms with E-state index in [0.717, 1.165) is 4.90 Å². The Bertz CT molecular complexity index is 697. The smallest absolute Gasteiger partial charge is 0.164 e. The Morgan fingerprint density at radius 3 is 2.04 bits per heavy atom. The topological polar surface area (TPSA) is 34.1 Å². The maximum atomic E-state index is 12.4. The van der Waals surface area contributed by atoms with Gasteiger partial charge in [-0.3, -0.25) is 9.59 Å². The summed E-state index contributed by atoms with van der Waals surface area (Å²) in [6.07, 6.45) is 0.227. The van der Waals surface area contributed by atoms with Gasteiger partial charge in [-0.05, 0) is 30.0 Å². The normalized spacial score (nSPS) is 12.7. The third-order valence-corrected chi connectivity index (χ3v) is 5.25. The average molecular weight is 340 g/mol. The first kappa shape index (κ1) is 18.5. The van der Waals surface area contributed by atoms with Gasteiger partial charge in [-0.2, -0.15) is 0 Å². The van der Waals surface area contributed by atoms with Gasteiger partial charge in [0.1, 0.15) is 5.78 Å². The molecule has 3 heteroatoms. The van der Waals surface area contributed by atoms with Crippen LogP contribution in [-0.2, 0) is 10.2 Å². The highest BCUT2D eigenvalue weighted by molar-refractivity contribution is 8.00. The number of ketones is 2. The fourth-order valence-electron chi connectivity index (χ4n) is 2.38. The van der Waals surface area contributed by atoms with Gasteiger partial charge in [0.15, 0.2) is 5.78 Å². The van der Waals surface area contributed by atoms with Crippen molar-refractivity contribution in [2.24, 2.45) is 0 Å². The van der Waals surface area contributed by atoms with Gasteiger partial charge in [0.05, 0.1) is 5.25 Å². The van der Waals surface area contributed by atoms with Crippen molar-refractivity contribution >= 4 is 23.3 Å². The van der Waals surface area contributed by atoms with Crippen molar-refractivity contribution in [2.45, 2.75) is 49.7 Å². The molecule has 1 atom stereocenters. The molecule has 0 aliphatic heterocycles. The molecule has 0 aromatic heterocycles. The fraction of sp³-hybridized carbons (Fsp3) is 0.333. The van der Waals surface area contributed by atoms with Crippen molar-refractivity contribution in [2.75, 3.05) is 0 Å². The number of benzene rings is 2. The highest BCUT2D eigenvalue weighted by Gasteiger charge is 2.21. The van der Waals surface area contributed by atoms with E-state index >= 15 is 0 Å². The van der Waals surface area contributed by atoms with Crippen LogP contribution in [0.4, 0.5) is 0 Å². The lowest BCUT2D eigenvalue weighted by atomic mass is 9.87. The molecule has 0 heterocycles. The zero-order valence-corrected chi connectivity index (χ0v) is 15.5. The Hall–Kier alpha value is -1.87. The monoisotopic (exact) mass is 340 g/mol. The van der Waals surface area contributed by atoms with Crippen molar-refractivity contribution in [3.8, 4) is 0 Å². The van der Waals surface area contributed by atoms with E-state index in [-0.39, 0.29) is 28.7 Å². The van der Waals surface area contributed by atoms with Crippen LogP contribution in [0.5, 0.6) is 0 Å². The summed E-state index contributed by atoms with van der Waals surface area (Å²) >= 11 is 1.47. The van der Waals surface area contributed by atoms with Crippen LogP contribution in [0.3, 0.4) is 0 Å². The van der Waals surface area contributed by atoms with Crippen LogP contribution in [-0.4, -0.2) is 16.8 Å². The number of thioether (sulfide) groups is 1. The Labute approximate surface area is 148 Å². The molecule has 126 valence electrons. The molecule has 2 aromatic rings. The van der Waals surface area contributed by atoms with E-state index in [4.69, 9.17) is 0 Å². The summed E-state index contributed by atoms with van der Waals surface area (Å²) in [7, 11) is 0. The van der Waals surface area contributed by atoms with E-state index in [0.29, 0.717) is 5.56 Å². The molecule has 2 nitrogen and oxygen atoms in total. The summed E-state index contributed by atoms with van der Waals surface area (Å²) < 4.78 is 0. The Balaban J connectivity index is 2.09. The molecule has 2 rings (SSSR count). The number of carbonyl (C=O) groups is 2. The van der Waals surface area contributed by atoms with Gasteiger partial charge in [-0.25, -0.2) is 0 Å². The second kappa shape index (κ2) is 7.80. The quantitative estimate of drug-likeness (QED) is 0.528. The molecule has 0 saturated heterocycles. The van der Waals surface area contributed by atoms with E-state index in [1.807, 2.05) is 30.3 Å². The van der Waals surface area contributed by atoms with Gasteiger partial charge in [0.2, 0.25) is 0 Å². The highest BCUT2D eigenvalue weighted by Crippen LogP contribution is 2.30. The van der Waals surface area contributed by atoms with Crippen molar-refractivity contribution in [3.63, 3.8) is 0 Å². The zero-order valence-electron chi connectivity index (χ0n) is 14.7. The van der Waals surface area contributed by atoms with E-state index < -0.39 is 0 Å². The van der Waals surface area contributed by atoms with Crippen molar-refractivity contribution in [1.29, 1.82) is 0 Å². The Morgan fingerprint density at radius 1 is 0.958 bits per heavy atom. The predicted molar refractivity (Wildman–Crippen MR) is 101 cm³/mol. The molecule has 0 aliphatic carbocycles. The first-order chi connectivity index (χ1) is 11.3. The van der Waals surface area contributed by atoms with Crippen molar-refractivity contribution < 1.29 is 9.59 Å². The van der Waals surface area contributed by atoms with E-state index in [9.17, 15) is 9.59 Å². The van der Waals surface area contributed by atoms with E-state index in [2.05, 4.69) is 32.9 Å². The third kappa shape index (κ3) is 5.07. The first-order valence-corrected chi connectivity index (χ1v) is 9.01. The molecule has 0 fully saturated rings. The van der Waals surface area contributed by atoms with Gasteiger partial charge < -0.3 is 0 Å². The molecule has 24 heavy (non-hydrogen) atoms. The second-order valence-electron chi connectivity index (χ2n) is 6.98. The van der Waals surface area contributed by atoms with E-state index in [1.165, 1.54) is 17.3 Å². The molecule has 0 radical (unpaired) electrons.